The van der Waals surface area contributed by atoms with Crippen LogP contribution in [-0.2, 0) is 20.8 Å². The monoisotopic (exact) mass is 572 g/mol. The molecule has 0 heterocycles. The number of ketones is 1. The molecule has 0 saturated carbocycles. The van der Waals surface area contributed by atoms with E-state index in [2.05, 4.69) is 5.32 Å². The van der Waals surface area contributed by atoms with Gasteiger partial charge < -0.3 is 10.6 Å². The molecule has 2 amide bonds. The van der Waals surface area contributed by atoms with Crippen molar-refractivity contribution in [1.29, 1.82) is 0 Å². The van der Waals surface area contributed by atoms with Crippen LogP contribution in [0.2, 0.25) is 5.02 Å². The van der Waals surface area contributed by atoms with E-state index in [1.54, 1.807) is 18.2 Å². The third-order valence-electron chi connectivity index (χ3n) is 6.72. The van der Waals surface area contributed by atoms with Crippen LogP contribution >= 0.6 is 11.6 Å². The molecule has 212 valence electrons. The molecule has 3 aromatic rings. The molecule has 0 aromatic heterocycles. The second kappa shape index (κ2) is 14.1. The highest BCUT2D eigenvalue weighted by atomic mass is 35.5. The van der Waals surface area contributed by atoms with Crippen LogP contribution in [0.3, 0.4) is 0 Å². The molecule has 3 aromatic carbocycles. The maximum absolute atomic E-state index is 15.5. The summed E-state index contributed by atoms with van der Waals surface area (Å²) in [7, 11) is 0. The lowest BCUT2D eigenvalue weighted by Gasteiger charge is -2.31. The quantitative estimate of drug-likeness (QED) is 0.238. The first-order valence-electron chi connectivity index (χ1n) is 13.0. The molecular weight excluding hydrogens is 541 g/mol. The predicted molar refractivity (Wildman–Crippen MR) is 149 cm³/mol. The van der Waals surface area contributed by atoms with Crippen LogP contribution in [0, 0.1) is 5.92 Å². The van der Waals surface area contributed by atoms with Crippen LogP contribution in [0.1, 0.15) is 49.3 Å². The number of amides is 2. The number of carbonyl (C=O) groups is 3. The average Bonchev–Trinajstić information content (AvgIpc) is 2.94. The van der Waals surface area contributed by atoms with Crippen LogP contribution in [0.25, 0.3) is 0 Å². The molecule has 0 radical (unpaired) electrons. The molecule has 0 aliphatic carbocycles. The Bertz CT molecular complexity index is 1290. The lowest BCUT2D eigenvalue weighted by atomic mass is 9.88. The van der Waals surface area contributed by atoms with Gasteiger partial charge in [-0.15, -0.1) is 0 Å². The van der Waals surface area contributed by atoms with Gasteiger partial charge >= 0.3 is 6.43 Å². The Hall–Kier alpha value is -3.65. The lowest BCUT2D eigenvalue weighted by molar-refractivity contribution is -0.152. The summed E-state index contributed by atoms with van der Waals surface area (Å²) >= 11 is 6.20. The van der Waals surface area contributed by atoms with Crippen LogP contribution in [0.15, 0.2) is 84.9 Å². The number of hydrogen-bond donors (Lipinski definition) is 2. The topological polar surface area (TPSA) is 75.3 Å². The SMILES string of the molecule is CC(C)[C@@](F)(NC(=O)[C@H](CCc1ccccc1)NC(=O)CC(c1ccccc1)c1cccc(Cl)c1)C(=O)C(F)F. The number of hydrogen-bond acceptors (Lipinski definition) is 3. The average molecular weight is 573 g/mol. The van der Waals surface area contributed by atoms with Gasteiger partial charge in [0.25, 0.3) is 5.78 Å². The Balaban J connectivity index is 1.86. The van der Waals surface area contributed by atoms with Gasteiger partial charge in [-0.3, -0.25) is 14.4 Å². The highest BCUT2D eigenvalue weighted by Crippen LogP contribution is 2.30. The Morgan fingerprint density at radius 1 is 0.875 bits per heavy atom. The van der Waals surface area contributed by atoms with Gasteiger partial charge in [0.1, 0.15) is 6.04 Å². The van der Waals surface area contributed by atoms with Crippen molar-refractivity contribution in [2.45, 2.75) is 57.3 Å². The summed E-state index contributed by atoms with van der Waals surface area (Å²) in [4.78, 5) is 38.6. The van der Waals surface area contributed by atoms with Crippen molar-refractivity contribution < 1.29 is 27.6 Å². The largest absolute Gasteiger partial charge is 0.344 e. The minimum atomic E-state index is -3.62. The van der Waals surface area contributed by atoms with Gasteiger partial charge in [-0.25, -0.2) is 13.2 Å². The first kappa shape index (κ1) is 30.9. The van der Waals surface area contributed by atoms with Crippen LogP contribution in [0.4, 0.5) is 13.2 Å². The summed E-state index contributed by atoms with van der Waals surface area (Å²) < 4.78 is 41.9. The zero-order valence-electron chi connectivity index (χ0n) is 22.3. The third-order valence-corrected chi connectivity index (χ3v) is 6.95. The molecule has 2 N–H and O–H groups in total. The number of aryl methyl sites for hydroxylation is 1. The lowest BCUT2D eigenvalue weighted by Crippen LogP contribution is -2.61. The second-order valence-corrected chi connectivity index (χ2v) is 10.3. The number of nitrogens with one attached hydrogen (secondary N) is 2. The zero-order chi connectivity index (χ0) is 29.3. The fourth-order valence-corrected chi connectivity index (χ4v) is 4.61. The van der Waals surface area contributed by atoms with Crippen molar-refractivity contribution >= 4 is 29.2 Å². The number of alkyl halides is 3. The molecule has 0 saturated heterocycles. The summed E-state index contributed by atoms with van der Waals surface area (Å²) in [5.41, 5.74) is 2.48. The van der Waals surface area contributed by atoms with E-state index >= 15 is 4.39 Å². The zero-order valence-corrected chi connectivity index (χ0v) is 23.0. The van der Waals surface area contributed by atoms with E-state index in [0.29, 0.717) is 11.4 Å². The van der Waals surface area contributed by atoms with E-state index in [4.69, 9.17) is 11.6 Å². The number of carbonyl (C=O) groups excluding carboxylic acids is 3. The van der Waals surface area contributed by atoms with Gasteiger partial charge in [0.05, 0.1) is 0 Å². The second-order valence-electron chi connectivity index (χ2n) is 9.89. The standard InChI is InChI=1S/C31H32ClF3N2O3/c1-20(2)31(35,28(39)29(33)34)37-30(40)26(17-16-21-10-5-3-6-11-21)36-27(38)19-25(22-12-7-4-8-13-22)23-14-9-15-24(32)18-23/h3-15,18,20,25-26,29H,16-17,19H2,1-2H3,(H,36,38)(H,37,40)/t25?,26-,31+/m0/s1. The van der Waals surface area contributed by atoms with Crippen molar-refractivity contribution in [3.05, 3.63) is 107 Å². The first-order valence-corrected chi connectivity index (χ1v) is 13.4. The maximum Gasteiger partial charge on any atom is 0.301 e. The normalized spacial score (nSPS) is 14.3. The Morgan fingerprint density at radius 2 is 1.48 bits per heavy atom. The molecule has 9 heteroatoms. The van der Waals surface area contributed by atoms with Gasteiger partial charge in [0.15, 0.2) is 0 Å². The molecule has 5 nitrogen and oxygen atoms in total. The summed E-state index contributed by atoms with van der Waals surface area (Å²) in [6.07, 6.45) is -3.31. The van der Waals surface area contributed by atoms with Gasteiger partial charge in [-0.1, -0.05) is 98.2 Å². The fraction of sp³-hybridized carbons (Fsp3) is 0.323. The van der Waals surface area contributed by atoms with E-state index in [9.17, 15) is 23.2 Å². The van der Waals surface area contributed by atoms with E-state index in [1.165, 1.54) is 13.8 Å². The third kappa shape index (κ3) is 8.18. The molecule has 0 spiro atoms. The van der Waals surface area contributed by atoms with Crippen molar-refractivity contribution in [3.63, 3.8) is 0 Å². The van der Waals surface area contributed by atoms with Crippen molar-refractivity contribution in [3.8, 4) is 0 Å². The van der Waals surface area contributed by atoms with Gasteiger partial charge in [-0.05, 0) is 41.7 Å². The number of Topliss-reactive ketones (excluding diaryl/α,β-unsaturated/α-hetero) is 1. The summed E-state index contributed by atoms with van der Waals surface area (Å²) in [5, 5.41) is 5.02. The Morgan fingerprint density at radius 3 is 2.05 bits per heavy atom. The van der Waals surface area contributed by atoms with E-state index in [1.807, 2.05) is 72.0 Å². The molecule has 0 fully saturated rings. The Labute approximate surface area is 237 Å². The van der Waals surface area contributed by atoms with Gasteiger partial charge in [-0.2, -0.15) is 0 Å². The van der Waals surface area contributed by atoms with Crippen molar-refractivity contribution in [2.24, 2.45) is 5.92 Å². The predicted octanol–water partition coefficient (Wildman–Crippen LogP) is 6.25. The summed E-state index contributed by atoms with van der Waals surface area (Å²) in [6, 6.07) is 24.2. The molecule has 40 heavy (non-hydrogen) atoms. The highest BCUT2D eigenvalue weighted by molar-refractivity contribution is 6.30. The Kier molecular flexibility index (Phi) is 10.9. The number of benzene rings is 3. The molecule has 0 aliphatic heterocycles. The van der Waals surface area contributed by atoms with Crippen molar-refractivity contribution in [2.75, 3.05) is 0 Å². The molecule has 0 aliphatic rings. The maximum atomic E-state index is 15.5. The first-order chi connectivity index (χ1) is 19.0. The van der Waals surface area contributed by atoms with Crippen molar-refractivity contribution in [1.82, 2.24) is 10.6 Å². The van der Waals surface area contributed by atoms with Crippen LogP contribution in [-0.4, -0.2) is 35.9 Å². The van der Waals surface area contributed by atoms with E-state index in [-0.39, 0.29) is 12.8 Å². The number of rotatable bonds is 13. The number of halogens is 4. The molecule has 0 bridgehead atoms. The van der Waals surface area contributed by atoms with Crippen LogP contribution in [0.5, 0.6) is 0 Å². The summed E-state index contributed by atoms with van der Waals surface area (Å²) in [5.74, 6) is -8.59. The minimum Gasteiger partial charge on any atom is -0.344 e. The fourth-order valence-electron chi connectivity index (χ4n) is 4.42. The smallest absolute Gasteiger partial charge is 0.301 e. The van der Waals surface area contributed by atoms with Gasteiger partial charge in [0.2, 0.25) is 17.6 Å². The highest BCUT2D eigenvalue weighted by Gasteiger charge is 2.48. The molecule has 3 atom stereocenters. The molecule has 1 unspecified atom stereocenters. The molecular formula is C31H32ClF3N2O3. The summed E-state index contributed by atoms with van der Waals surface area (Å²) in [6.45, 7) is 2.43. The minimum absolute atomic E-state index is 0.0474. The molecule has 3 rings (SSSR count). The van der Waals surface area contributed by atoms with Gasteiger partial charge in [0, 0.05) is 23.3 Å². The van der Waals surface area contributed by atoms with E-state index in [0.717, 1.165) is 16.7 Å². The van der Waals surface area contributed by atoms with E-state index < -0.39 is 47.7 Å². The van der Waals surface area contributed by atoms with Crippen LogP contribution < -0.4 is 10.6 Å².